The Bertz CT molecular complexity index is 1030. The molecule has 1 aliphatic heterocycles. The van der Waals surface area contributed by atoms with Crippen molar-refractivity contribution in [1.29, 1.82) is 0 Å². The summed E-state index contributed by atoms with van der Waals surface area (Å²) >= 11 is 0. The van der Waals surface area contributed by atoms with E-state index in [-0.39, 0.29) is 18.3 Å². The number of carbonyl (C=O) groups excluding carboxylic acids is 1. The van der Waals surface area contributed by atoms with Crippen molar-refractivity contribution < 1.29 is 13.9 Å². The molecule has 2 aromatic carbocycles. The normalized spacial score (nSPS) is 14.6. The number of halogens is 1. The highest BCUT2D eigenvalue weighted by atomic mass is 19.1. The lowest BCUT2D eigenvalue weighted by Crippen LogP contribution is -2.48. The zero-order valence-electron chi connectivity index (χ0n) is 17.4. The van der Waals surface area contributed by atoms with Crippen molar-refractivity contribution in [1.82, 2.24) is 30.0 Å². The van der Waals surface area contributed by atoms with E-state index < -0.39 is 0 Å². The van der Waals surface area contributed by atoms with Crippen molar-refractivity contribution in [2.24, 2.45) is 0 Å². The molecular weight excluding hydrogens is 399 g/mol. The fraction of sp³-hybridized carbons (Fsp3) is 0.364. The summed E-state index contributed by atoms with van der Waals surface area (Å²) in [5, 5.41) is 11.5. The molecule has 0 N–H and O–H groups in total. The molecule has 4 rings (SSSR count). The van der Waals surface area contributed by atoms with Crippen molar-refractivity contribution in [2.75, 3.05) is 26.2 Å². The number of rotatable bonds is 7. The van der Waals surface area contributed by atoms with Crippen molar-refractivity contribution in [3.8, 4) is 5.75 Å². The lowest BCUT2D eigenvalue weighted by atomic mass is 10.1. The van der Waals surface area contributed by atoms with Crippen molar-refractivity contribution >= 4 is 5.91 Å². The highest BCUT2D eigenvalue weighted by Gasteiger charge is 2.23. The summed E-state index contributed by atoms with van der Waals surface area (Å²) in [6, 6.07) is 14.0. The molecule has 0 bridgehead atoms. The lowest BCUT2D eigenvalue weighted by molar-refractivity contribution is 0.0626. The molecular formula is C22H25FN6O2. The van der Waals surface area contributed by atoms with Gasteiger partial charge in [0.25, 0.3) is 5.91 Å². The fourth-order valence-electron chi connectivity index (χ4n) is 3.60. The predicted molar refractivity (Wildman–Crippen MR) is 112 cm³/mol. The lowest BCUT2D eigenvalue weighted by Gasteiger charge is -2.34. The zero-order valence-corrected chi connectivity index (χ0v) is 17.4. The van der Waals surface area contributed by atoms with Gasteiger partial charge in [-0.05, 0) is 41.6 Å². The van der Waals surface area contributed by atoms with Crippen LogP contribution in [0, 0.1) is 5.82 Å². The molecule has 1 saturated heterocycles. The summed E-state index contributed by atoms with van der Waals surface area (Å²) in [7, 11) is 0. The number of aromatic nitrogens is 4. The number of piperazine rings is 1. The summed E-state index contributed by atoms with van der Waals surface area (Å²) in [4.78, 5) is 17.0. The maximum absolute atomic E-state index is 13.9. The van der Waals surface area contributed by atoms with Crippen LogP contribution in [0.4, 0.5) is 4.39 Å². The number of tetrazole rings is 1. The van der Waals surface area contributed by atoms with Gasteiger partial charge in [-0.15, -0.1) is 5.10 Å². The Morgan fingerprint density at radius 3 is 2.68 bits per heavy atom. The molecule has 1 fully saturated rings. The molecule has 9 heteroatoms. The monoisotopic (exact) mass is 424 g/mol. The molecule has 1 aromatic heterocycles. The minimum atomic E-state index is -0.189. The van der Waals surface area contributed by atoms with Gasteiger partial charge in [0.2, 0.25) is 0 Å². The first-order valence-corrected chi connectivity index (χ1v) is 10.4. The van der Waals surface area contributed by atoms with Crippen LogP contribution in [0.25, 0.3) is 0 Å². The smallest absolute Gasteiger partial charge is 0.254 e. The number of hydrogen-bond donors (Lipinski definition) is 0. The molecule has 3 aromatic rings. The Morgan fingerprint density at radius 1 is 1.10 bits per heavy atom. The van der Waals surface area contributed by atoms with Gasteiger partial charge in [0.1, 0.15) is 18.2 Å². The minimum absolute atomic E-state index is 0.0330. The van der Waals surface area contributed by atoms with Crippen LogP contribution in [0.5, 0.6) is 5.75 Å². The number of nitrogens with zero attached hydrogens (tertiary/aromatic N) is 6. The van der Waals surface area contributed by atoms with Gasteiger partial charge in [-0.1, -0.05) is 24.3 Å². The number of hydrogen-bond acceptors (Lipinski definition) is 6. The highest BCUT2D eigenvalue weighted by molar-refractivity contribution is 5.94. The maximum atomic E-state index is 13.9. The molecule has 0 aliphatic carbocycles. The van der Waals surface area contributed by atoms with Crippen LogP contribution < -0.4 is 4.74 Å². The molecule has 1 amide bonds. The predicted octanol–water partition coefficient (Wildman–Crippen LogP) is 2.37. The number of ether oxygens (including phenoxy) is 1. The van der Waals surface area contributed by atoms with E-state index in [2.05, 4.69) is 20.4 Å². The third-order valence-electron chi connectivity index (χ3n) is 5.37. The second kappa shape index (κ2) is 9.65. The van der Waals surface area contributed by atoms with Crippen molar-refractivity contribution in [3.63, 3.8) is 0 Å². The largest absolute Gasteiger partial charge is 0.486 e. The van der Waals surface area contributed by atoms with Crippen LogP contribution in [0.3, 0.4) is 0 Å². The Balaban J connectivity index is 1.32. The summed E-state index contributed by atoms with van der Waals surface area (Å²) < 4.78 is 21.3. The maximum Gasteiger partial charge on any atom is 0.254 e. The quantitative estimate of drug-likeness (QED) is 0.580. The van der Waals surface area contributed by atoms with E-state index in [1.54, 1.807) is 35.0 Å². The molecule has 31 heavy (non-hydrogen) atoms. The summed E-state index contributed by atoms with van der Waals surface area (Å²) in [5.74, 6) is 1.00. The third-order valence-corrected chi connectivity index (χ3v) is 5.37. The Hall–Kier alpha value is -3.33. The van der Waals surface area contributed by atoms with Crippen LogP contribution in [0.1, 0.15) is 28.7 Å². The van der Waals surface area contributed by atoms with Gasteiger partial charge in [-0.2, -0.15) is 0 Å². The van der Waals surface area contributed by atoms with Crippen LogP contribution in [0.15, 0.2) is 48.5 Å². The topological polar surface area (TPSA) is 76.4 Å². The average Bonchev–Trinajstić information content (AvgIpc) is 3.27. The number of benzene rings is 2. The van der Waals surface area contributed by atoms with Crippen LogP contribution >= 0.6 is 0 Å². The standard InChI is InChI=1S/C22H25FN6O2/c1-2-29-21(24-25-26-29)16-31-19-8-5-7-17(14-19)22(30)28-12-10-27(11-13-28)15-18-6-3-4-9-20(18)23/h3-9,14H,2,10-13,15-16H2,1H3. The first-order valence-electron chi connectivity index (χ1n) is 10.4. The highest BCUT2D eigenvalue weighted by Crippen LogP contribution is 2.18. The third kappa shape index (κ3) is 5.05. The van der Waals surface area contributed by atoms with Crippen molar-refractivity contribution in [3.05, 3.63) is 71.3 Å². The van der Waals surface area contributed by atoms with Gasteiger partial charge in [0.05, 0.1) is 0 Å². The van der Waals surface area contributed by atoms with Gasteiger partial charge in [-0.3, -0.25) is 9.69 Å². The van der Waals surface area contributed by atoms with Gasteiger partial charge in [0.15, 0.2) is 5.82 Å². The summed E-state index contributed by atoms with van der Waals surface area (Å²) in [6.45, 7) is 6.00. The van der Waals surface area contributed by atoms with E-state index in [9.17, 15) is 9.18 Å². The first kappa shape index (κ1) is 20.9. The van der Waals surface area contributed by atoms with Crippen LogP contribution in [0.2, 0.25) is 0 Å². The molecule has 0 saturated carbocycles. The second-order valence-corrected chi connectivity index (χ2v) is 7.39. The number of aryl methyl sites for hydroxylation is 1. The molecule has 0 spiro atoms. The fourth-order valence-corrected chi connectivity index (χ4v) is 3.60. The van der Waals surface area contributed by atoms with Crippen molar-refractivity contribution in [2.45, 2.75) is 26.6 Å². The Kier molecular flexibility index (Phi) is 6.51. The summed E-state index contributed by atoms with van der Waals surface area (Å²) in [6.07, 6.45) is 0. The SMILES string of the molecule is CCn1nnnc1COc1cccc(C(=O)N2CCN(Cc3ccccc3F)CC2)c1. The molecule has 0 radical (unpaired) electrons. The minimum Gasteiger partial charge on any atom is -0.486 e. The molecule has 2 heterocycles. The molecule has 0 atom stereocenters. The Morgan fingerprint density at radius 2 is 1.90 bits per heavy atom. The van der Waals surface area contributed by atoms with E-state index in [0.29, 0.717) is 62.0 Å². The van der Waals surface area contributed by atoms with E-state index in [0.717, 1.165) is 0 Å². The van der Waals surface area contributed by atoms with Crippen LogP contribution in [-0.4, -0.2) is 62.1 Å². The first-order chi connectivity index (χ1) is 15.1. The van der Waals surface area contributed by atoms with E-state index in [1.165, 1.54) is 6.07 Å². The second-order valence-electron chi connectivity index (χ2n) is 7.39. The molecule has 162 valence electrons. The van der Waals surface area contributed by atoms with E-state index >= 15 is 0 Å². The zero-order chi connectivity index (χ0) is 21.6. The van der Waals surface area contributed by atoms with Crippen LogP contribution in [-0.2, 0) is 19.7 Å². The van der Waals surface area contributed by atoms with E-state index in [4.69, 9.17) is 4.74 Å². The molecule has 1 aliphatic rings. The van der Waals surface area contributed by atoms with E-state index in [1.807, 2.05) is 24.0 Å². The number of carbonyl (C=O) groups is 1. The number of amides is 1. The average molecular weight is 424 g/mol. The van der Waals surface area contributed by atoms with Gasteiger partial charge >= 0.3 is 0 Å². The summed E-state index contributed by atoms with van der Waals surface area (Å²) in [5.41, 5.74) is 1.26. The molecule has 0 unspecified atom stereocenters. The van der Waals surface area contributed by atoms with Gasteiger partial charge < -0.3 is 9.64 Å². The Labute approximate surface area is 180 Å². The van der Waals surface area contributed by atoms with Gasteiger partial charge in [0, 0.05) is 50.4 Å². The molecule has 8 nitrogen and oxygen atoms in total. The van der Waals surface area contributed by atoms with Gasteiger partial charge in [-0.25, -0.2) is 9.07 Å².